The topological polar surface area (TPSA) is 92.2 Å². The highest BCUT2D eigenvalue weighted by Crippen LogP contribution is 1.99. The number of carbonyl (C=O) groups excluding carboxylic acids is 1. The van der Waals surface area contributed by atoms with Gasteiger partial charge in [0.2, 0.25) is 0 Å². The molecule has 1 rings (SSSR count). The third kappa shape index (κ3) is 3.03. The number of nitrogens with zero attached hydrogens (tertiary/aromatic N) is 2. The van der Waals surface area contributed by atoms with Crippen LogP contribution in [0.3, 0.4) is 0 Å². The standard InChI is InChI=1S/C8H7N3O3S/c1-2-3-5(8(13)14)9-7(12)6-4-15-11-10-6/h1,4-5H,3H2,(H,9,12)(H,13,14). The number of aromatic nitrogens is 2. The zero-order chi connectivity index (χ0) is 11.3. The molecule has 78 valence electrons. The number of carbonyl (C=O) groups is 2. The second-order valence-corrected chi connectivity index (χ2v) is 3.17. The van der Waals surface area contributed by atoms with E-state index in [-0.39, 0.29) is 12.1 Å². The van der Waals surface area contributed by atoms with Crippen LogP contribution in [0.15, 0.2) is 5.38 Å². The summed E-state index contributed by atoms with van der Waals surface area (Å²) in [5.74, 6) is 0.403. The Bertz CT molecular complexity index is 396. The van der Waals surface area contributed by atoms with Gasteiger partial charge in [-0.3, -0.25) is 4.79 Å². The molecule has 0 bridgehead atoms. The van der Waals surface area contributed by atoms with Crippen molar-refractivity contribution in [3.05, 3.63) is 11.1 Å². The van der Waals surface area contributed by atoms with Gasteiger partial charge in [-0.1, -0.05) is 4.49 Å². The molecule has 1 unspecified atom stereocenters. The molecule has 1 heterocycles. The number of hydrogen-bond donors (Lipinski definition) is 2. The second-order valence-electron chi connectivity index (χ2n) is 2.56. The summed E-state index contributed by atoms with van der Waals surface area (Å²) in [6.07, 6.45) is 4.90. The van der Waals surface area contributed by atoms with Crippen molar-refractivity contribution in [1.29, 1.82) is 0 Å². The average molecular weight is 225 g/mol. The molecule has 0 saturated carbocycles. The van der Waals surface area contributed by atoms with Crippen LogP contribution in [-0.2, 0) is 4.79 Å². The quantitative estimate of drug-likeness (QED) is 0.689. The Morgan fingerprint density at radius 1 is 1.73 bits per heavy atom. The molecule has 0 aromatic carbocycles. The fourth-order valence-corrected chi connectivity index (χ4v) is 1.25. The van der Waals surface area contributed by atoms with Crippen molar-refractivity contribution < 1.29 is 14.7 Å². The van der Waals surface area contributed by atoms with Crippen molar-refractivity contribution in [3.8, 4) is 12.3 Å². The summed E-state index contributed by atoms with van der Waals surface area (Å²) >= 11 is 1.01. The van der Waals surface area contributed by atoms with Crippen molar-refractivity contribution in [2.24, 2.45) is 0 Å². The highest BCUT2D eigenvalue weighted by Gasteiger charge is 2.20. The van der Waals surface area contributed by atoms with Crippen molar-refractivity contribution in [2.45, 2.75) is 12.5 Å². The van der Waals surface area contributed by atoms with Crippen LogP contribution in [0.25, 0.3) is 0 Å². The monoisotopic (exact) mass is 225 g/mol. The summed E-state index contributed by atoms with van der Waals surface area (Å²) in [6.45, 7) is 0. The molecule has 1 aromatic rings. The fraction of sp³-hybridized carbons (Fsp3) is 0.250. The van der Waals surface area contributed by atoms with E-state index in [0.717, 1.165) is 11.5 Å². The van der Waals surface area contributed by atoms with Crippen LogP contribution in [0, 0.1) is 12.3 Å². The first-order valence-electron chi connectivity index (χ1n) is 3.89. The maximum Gasteiger partial charge on any atom is 0.327 e. The van der Waals surface area contributed by atoms with Gasteiger partial charge in [0.15, 0.2) is 5.69 Å². The predicted octanol–water partition coefficient (Wildman–Crippen LogP) is -0.256. The summed E-state index contributed by atoms with van der Waals surface area (Å²) < 4.78 is 3.48. The van der Waals surface area contributed by atoms with Gasteiger partial charge in [-0.25, -0.2) is 4.79 Å². The van der Waals surface area contributed by atoms with Crippen LogP contribution >= 0.6 is 11.5 Å². The minimum absolute atomic E-state index is 0.0708. The lowest BCUT2D eigenvalue weighted by molar-refractivity contribution is -0.139. The Morgan fingerprint density at radius 2 is 2.47 bits per heavy atom. The lowest BCUT2D eigenvalue weighted by Gasteiger charge is -2.09. The van der Waals surface area contributed by atoms with Crippen molar-refractivity contribution in [3.63, 3.8) is 0 Å². The fourth-order valence-electron chi connectivity index (χ4n) is 0.814. The Morgan fingerprint density at radius 3 is 2.93 bits per heavy atom. The molecule has 1 aromatic heterocycles. The van der Waals surface area contributed by atoms with E-state index in [1.54, 1.807) is 0 Å². The molecule has 0 spiro atoms. The van der Waals surface area contributed by atoms with Crippen LogP contribution in [0.2, 0.25) is 0 Å². The first-order valence-corrected chi connectivity index (χ1v) is 4.73. The van der Waals surface area contributed by atoms with Crippen molar-refractivity contribution in [1.82, 2.24) is 14.9 Å². The normalized spacial score (nSPS) is 11.4. The average Bonchev–Trinajstić information content (AvgIpc) is 2.69. The molecule has 0 fully saturated rings. The van der Waals surface area contributed by atoms with E-state index in [4.69, 9.17) is 11.5 Å². The molecule has 1 atom stereocenters. The number of aliphatic carboxylic acids is 1. The molecule has 0 aliphatic heterocycles. The van der Waals surface area contributed by atoms with E-state index < -0.39 is 17.9 Å². The van der Waals surface area contributed by atoms with E-state index in [0.29, 0.717) is 0 Å². The summed E-state index contributed by atoms with van der Waals surface area (Å²) in [6, 6.07) is -1.09. The molecule has 0 radical (unpaired) electrons. The van der Waals surface area contributed by atoms with Gasteiger partial charge in [0.1, 0.15) is 6.04 Å². The molecule has 6 nitrogen and oxygen atoms in total. The summed E-state index contributed by atoms with van der Waals surface area (Å²) in [5, 5.41) is 15.9. The lowest BCUT2D eigenvalue weighted by atomic mass is 10.2. The van der Waals surface area contributed by atoms with Gasteiger partial charge in [0.05, 0.1) is 0 Å². The molecule has 7 heteroatoms. The van der Waals surface area contributed by atoms with Gasteiger partial charge < -0.3 is 10.4 Å². The Kier molecular flexibility index (Phi) is 3.76. The second kappa shape index (κ2) is 5.07. The largest absolute Gasteiger partial charge is 0.480 e. The zero-order valence-electron chi connectivity index (χ0n) is 7.51. The van der Waals surface area contributed by atoms with E-state index in [9.17, 15) is 9.59 Å². The molecule has 0 saturated heterocycles. The van der Waals surface area contributed by atoms with E-state index in [2.05, 4.69) is 20.8 Å². The van der Waals surface area contributed by atoms with Gasteiger partial charge >= 0.3 is 5.97 Å². The van der Waals surface area contributed by atoms with Crippen LogP contribution < -0.4 is 5.32 Å². The molecule has 15 heavy (non-hydrogen) atoms. The Balaban J connectivity index is 2.64. The summed E-state index contributed by atoms with van der Waals surface area (Å²) in [5.41, 5.74) is 0.0864. The van der Waals surface area contributed by atoms with Gasteiger partial charge in [-0.2, -0.15) is 0 Å². The number of hydrogen-bond acceptors (Lipinski definition) is 5. The number of carboxylic acids is 1. The summed E-state index contributed by atoms with van der Waals surface area (Å²) in [7, 11) is 0. The number of amides is 1. The lowest BCUT2D eigenvalue weighted by Crippen LogP contribution is -2.40. The van der Waals surface area contributed by atoms with Crippen LogP contribution in [0.4, 0.5) is 0 Å². The third-order valence-electron chi connectivity index (χ3n) is 1.52. The number of rotatable bonds is 4. The SMILES string of the molecule is C#CCC(NC(=O)c1csnn1)C(=O)O. The predicted molar refractivity (Wildman–Crippen MR) is 52.2 cm³/mol. The minimum atomic E-state index is -1.18. The van der Waals surface area contributed by atoms with Gasteiger partial charge in [0.25, 0.3) is 5.91 Å². The number of carboxylic acid groups (broad SMARTS) is 1. The molecule has 0 aliphatic carbocycles. The molecule has 1 amide bonds. The molecule has 0 aliphatic rings. The van der Waals surface area contributed by atoms with Gasteiger partial charge in [-0.05, 0) is 11.5 Å². The van der Waals surface area contributed by atoms with E-state index in [1.807, 2.05) is 0 Å². The highest BCUT2D eigenvalue weighted by atomic mass is 32.1. The van der Waals surface area contributed by atoms with Crippen LogP contribution in [-0.4, -0.2) is 32.6 Å². The van der Waals surface area contributed by atoms with Crippen LogP contribution in [0.5, 0.6) is 0 Å². The third-order valence-corrected chi connectivity index (χ3v) is 2.02. The van der Waals surface area contributed by atoms with Crippen LogP contribution in [0.1, 0.15) is 16.9 Å². The first kappa shape index (κ1) is 11.1. The highest BCUT2D eigenvalue weighted by molar-refractivity contribution is 7.03. The maximum absolute atomic E-state index is 11.4. The van der Waals surface area contributed by atoms with E-state index in [1.165, 1.54) is 5.38 Å². The Labute approximate surface area is 89.5 Å². The zero-order valence-corrected chi connectivity index (χ0v) is 8.32. The van der Waals surface area contributed by atoms with Crippen molar-refractivity contribution >= 4 is 23.4 Å². The van der Waals surface area contributed by atoms with Gasteiger partial charge in [-0.15, -0.1) is 17.4 Å². The first-order chi connectivity index (χ1) is 7.15. The van der Waals surface area contributed by atoms with E-state index >= 15 is 0 Å². The number of terminal acetylenes is 1. The summed E-state index contributed by atoms with van der Waals surface area (Å²) in [4.78, 5) is 22.0. The Hall–Kier alpha value is -1.94. The smallest absolute Gasteiger partial charge is 0.327 e. The maximum atomic E-state index is 11.4. The van der Waals surface area contributed by atoms with Crippen molar-refractivity contribution in [2.75, 3.05) is 0 Å². The number of nitrogens with one attached hydrogen (secondary N) is 1. The molecular weight excluding hydrogens is 218 g/mol. The minimum Gasteiger partial charge on any atom is -0.480 e. The van der Waals surface area contributed by atoms with Gasteiger partial charge in [0, 0.05) is 11.8 Å². The molecular formula is C8H7N3O3S. The molecule has 2 N–H and O–H groups in total.